The molecule has 0 spiro atoms. The van der Waals surface area contributed by atoms with Gasteiger partial charge in [-0.15, -0.1) is 0 Å². The molecular formula is C16H13ClF2O4S. The molecule has 0 bridgehead atoms. The first kappa shape index (κ1) is 17.1. The summed E-state index contributed by atoms with van der Waals surface area (Å²) < 4.78 is 55.6. The van der Waals surface area contributed by atoms with E-state index in [4.69, 9.17) is 16.3 Å². The number of ether oxygens (including phenoxy) is 1. The van der Waals surface area contributed by atoms with E-state index < -0.39 is 27.8 Å². The second kappa shape index (κ2) is 6.31. The molecule has 0 aromatic heterocycles. The first-order valence-electron chi connectivity index (χ1n) is 7.08. The van der Waals surface area contributed by atoms with Gasteiger partial charge in [0.1, 0.15) is 17.3 Å². The largest absolute Gasteiger partial charge is 0.457 e. The Morgan fingerprint density at radius 3 is 2.71 bits per heavy atom. The van der Waals surface area contributed by atoms with Crippen molar-refractivity contribution < 1.29 is 27.0 Å². The number of alkyl halides is 1. The van der Waals surface area contributed by atoms with Gasteiger partial charge in [-0.3, -0.25) is 0 Å². The van der Waals surface area contributed by atoms with Gasteiger partial charge in [0.25, 0.3) is 0 Å². The van der Waals surface area contributed by atoms with Crippen LogP contribution in [0.3, 0.4) is 0 Å². The third kappa shape index (κ3) is 3.11. The van der Waals surface area contributed by atoms with Crippen LogP contribution in [0.4, 0.5) is 8.78 Å². The van der Waals surface area contributed by atoms with Crippen LogP contribution in [0.2, 0.25) is 5.02 Å². The third-order valence-corrected chi connectivity index (χ3v) is 5.35. The van der Waals surface area contributed by atoms with Crippen molar-refractivity contribution in [3.63, 3.8) is 0 Å². The standard InChI is InChI=1S/C16H13ClF2O4S/c17-9-5-10(19)7-11(6-9)23-14-3-4-15(24(21,22)8-18)16-12(14)1-2-13(16)20/h3-7,13,20H,1-2,8H2/t13-/m1/s1. The fraction of sp³-hybridized carbons (Fsp3) is 0.250. The molecule has 0 heterocycles. The normalized spacial score (nSPS) is 16.9. The van der Waals surface area contributed by atoms with E-state index in [1.54, 1.807) is 0 Å². The van der Waals surface area contributed by atoms with Gasteiger partial charge in [-0.05, 0) is 37.1 Å². The van der Waals surface area contributed by atoms with Crippen molar-refractivity contribution in [2.24, 2.45) is 0 Å². The zero-order valence-electron chi connectivity index (χ0n) is 12.3. The summed E-state index contributed by atoms with van der Waals surface area (Å²) >= 11 is 5.78. The van der Waals surface area contributed by atoms with Crippen molar-refractivity contribution in [3.8, 4) is 11.5 Å². The molecule has 24 heavy (non-hydrogen) atoms. The van der Waals surface area contributed by atoms with Crippen LogP contribution in [0, 0.1) is 5.82 Å². The van der Waals surface area contributed by atoms with Crippen molar-refractivity contribution in [2.45, 2.75) is 23.8 Å². The van der Waals surface area contributed by atoms with Crippen LogP contribution in [-0.4, -0.2) is 19.5 Å². The van der Waals surface area contributed by atoms with Gasteiger partial charge >= 0.3 is 0 Å². The van der Waals surface area contributed by atoms with Crippen molar-refractivity contribution in [3.05, 3.63) is 52.3 Å². The summed E-state index contributed by atoms with van der Waals surface area (Å²) in [4.78, 5) is -0.241. The first-order valence-corrected chi connectivity index (χ1v) is 9.11. The molecule has 1 atom stereocenters. The highest BCUT2D eigenvalue weighted by molar-refractivity contribution is 7.91. The monoisotopic (exact) mass is 374 g/mol. The minimum absolute atomic E-state index is 0.143. The number of hydrogen-bond donors (Lipinski definition) is 1. The average Bonchev–Trinajstić information content (AvgIpc) is 2.89. The summed E-state index contributed by atoms with van der Waals surface area (Å²) in [7, 11) is -4.12. The molecule has 1 aliphatic rings. The molecule has 1 N–H and O–H groups in total. The van der Waals surface area contributed by atoms with Gasteiger partial charge in [-0.2, -0.15) is 0 Å². The van der Waals surface area contributed by atoms with E-state index in [9.17, 15) is 22.3 Å². The van der Waals surface area contributed by atoms with Gasteiger partial charge in [0.05, 0.1) is 11.0 Å². The molecule has 4 nitrogen and oxygen atoms in total. The van der Waals surface area contributed by atoms with Crippen molar-refractivity contribution >= 4 is 21.4 Å². The van der Waals surface area contributed by atoms with Gasteiger partial charge in [0.15, 0.2) is 6.01 Å². The number of hydrogen-bond acceptors (Lipinski definition) is 4. The van der Waals surface area contributed by atoms with Crippen molar-refractivity contribution in [1.82, 2.24) is 0 Å². The molecular weight excluding hydrogens is 362 g/mol. The Kier molecular flexibility index (Phi) is 4.50. The molecule has 0 fully saturated rings. The highest BCUT2D eigenvalue weighted by Gasteiger charge is 2.32. The van der Waals surface area contributed by atoms with Gasteiger partial charge in [0.2, 0.25) is 9.84 Å². The summed E-state index contributed by atoms with van der Waals surface area (Å²) in [6.07, 6.45) is -0.352. The molecule has 0 amide bonds. The number of rotatable bonds is 4. The molecule has 2 aromatic carbocycles. The van der Waals surface area contributed by atoms with Crippen LogP contribution in [0.5, 0.6) is 11.5 Å². The molecule has 0 radical (unpaired) electrons. The molecule has 8 heteroatoms. The molecule has 128 valence electrons. The molecule has 1 aliphatic carbocycles. The zero-order chi connectivity index (χ0) is 17.5. The van der Waals surface area contributed by atoms with Crippen LogP contribution in [-0.2, 0) is 16.3 Å². The summed E-state index contributed by atoms with van der Waals surface area (Å²) in [5.41, 5.74) is 0.616. The fourth-order valence-corrected chi connectivity index (χ4v) is 4.01. The molecule has 0 unspecified atom stereocenters. The van der Waals surface area contributed by atoms with Crippen LogP contribution in [0.15, 0.2) is 35.2 Å². The third-order valence-electron chi connectivity index (χ3n) is 3.82. The van der Waals surface area contributed by atoms with E-state index in [0.717, 1.165) is 12.1 Å². The van der Waals surface area contributed by atoms with Crippen LogP contribution < -0.4 is 4.74 Å². The average molecular weight is 375 g/mol. The minimum atomic E-state index is -4.12. The lowest BCUT2D eigenvalue weighted by Crippen LogP contribution is -2.09. The number of fused-ring (bicyclic) bond motifs is 1. The fourth-order valence-electron chi connectivity index (χ4n) is 2.81. The summed E-state index contributed by atoms with van der Waals surface area (Å²) in [6.45, 7) is 0. The Balaban J connectivity index is 2.08. The van der Waals surface area contributed by atoms with Crippen molar-refractivity contribution in [1.29, 1.82) is 0 Å². The first-order chi connectivity index (χ1) is 11.3. The lowest BCUT2D eigenvalue weighted by Gasteiger charge is -2.15. The minimum Gasteiger partial charge on any atom is -0.457 e. The summed E-state index contributed by atoms with van der Waals surface area (Å²) in [5.74, 6) is -0.156. The van der Waals surface area contributed by atoms with Gasteiger partial charge in [-0.1, -0.05) is 11.6 Å². The van der Waals surface area contributed by atoms with Crippen molar-refractivity contribution in [2.75, 3.05) is 6.01 Å². The Morgan fingerprint density at radius 1 is 1.29 bits per heavy atom. The maximum Gasteiger partial charge on any atom is 0.207 e. The summed E-state index contributed by atoms with van der Waals surface area (Å²) in [6, 6.07) is 4.69. The van der Waals surface area contributed by atoms with E-state index in [-0.39, 0.29) is 27.0 Å². The lowest BCUT2D eigenvalue weighted by molar-refractivity contribution is 0.177. The highest BCUT2D eigenvalue weighted by Crippen LogP contribution is 2.42. The van der Waals surface area contributed by atoms with Gasteiger partial charge in [0, 0.05) is 22.2 Å². The van der Waals surface area contributed by atoms with E-state index in [0.29, 0.717) is 18.4 Å². The maximum absolute atomic E-state index is 13.4. The van der Waals surface area contributed by atoms with Gasteiger partial charge in [-0.25, -0.2) is 17.2 Å². The second-order valence-corrected chi connectivity index (χ2v) is 7.76. The SMILES string of the molecule is O=S(=O)(CF)c1ccc(Oc2cc(F)cc(Cl)c2)c2c1[C@H](O)CC2. The number of aliphatic hydroxyl groups excluding tert-OH is 1. The molecule has 0 aliphatic heterocycles. The maximum atomic E-state index is 13.4. The smallest absolute Gasteiger partial charge is 0.207 e. The van der Waals surface area contributed by atoms with Crippen LogP contribution >= 0.6 is 11.6 Å². The predicted octanol–water partition coefficient (Wildman–Crippen LogP) is 3.95. The zero-order valence-corrected chi connectivity index (χ0v) is 13.9. The second-order valence-electron chi connectivity index (χ2n) is 5.44. The Hall–Kier alpha value is -1.70. The lowest BCUT2D eigenvalue weighted by atomic mass is 10.1. The highest BCUT2D eigenvalue weighted by atomic mass is 35.5. The van der Waals surface area contributed by atoms with Gasteiger partial charge < -0.3 is 9.84 Å². The number of benzene rings is 2. The Bertz CT molecular complexity index is 879. The van der Waals surface area contributed by atoms with E-state index in [1.165, 1.54) is 18.2 Å². The number of sulfone groups is 1. The number of aliphatic hydroxyl groups is 1. The van der Waals surface area contributed by atoms with Crippen LogP contribution in [0.1, 0.15) is 23.7 Å². The quantitative estimate of drug-likeness (QED) is 0.880. The van der Waals surface area contributed by atoms with E-state index in [2.05, 4.69) is 0 Å². The van der Waals surface area contributed by atoms with E-state index in [1.807, 2.05) is 0 Å². The van der Waals surface area contributed by atoms with Crippen LogP contribution in [0.25, 0.3) is 0 Å². The molecule has 2 aromatic rings. The molecule has 0 saturated heterocycles. The topological polar surface area (TPSA) is 63.6 Å². The van der Waals surface area contributed by atoms with E-state index >= 15 is 0 Å². The number of halogens is 3. The molecule has 0 saturated carbocycles. The molecule has 3 rings (SSSR count). The predicted molar refractivity (Wildman–Crippen MR) is 84.4 cm³/mol. The summed E-state index contributed by atoms with van der Waals surface area (Å²) in [5, 5.41) is 10.2. The Labute approximate surface area is 142 Å². The Morgan fingerprint density at radius 2 is 2.04 bits per heavy atom.